The highest BCUT2D eigenvalue weighted by Gasteiger charge is 2.22. The summed E-state index contributed by atoms with van der Waals surface area (Å²) in [5, 5.41) is 9.33. The van der Waals surface area contributed by atoms with Gasteiger partial charge in [0, 0.05) is 29.6 Å². The normalized spacial score (nSPS) is 13.5. The molecular formula is C18H16Cl2N4O. The Hall–Kier alpha value is -2.50. The third kappa shape index (κ3) is 3.34. The molecule has 0 unspecified atom stereocenters. The molecule has 128 valence electrons. The van der Waals surface area contributed by atoms with Crippen molar-refractivity contribution < 1.29 is 4.79 Å². The van der Waals surface area contributed by atoms with Crippen LogP contribution in [0.3, 0.4) is 0 Å². The number of hydrazone groups is 1. The summed E-state index contributed by atoms with van der Waals surface area (Å²) >= 11 is 12.4. The van der Waals surface area contributed by atoms with E-state index in [1.165, 1.54) is 5.01 Å². The summed E-state index contributed by atoms with van der Waals surface area (Å²) in [6, 6.07) is 10.4. The number of urea groups is 1. The summed E-state index contributed by atoms with van der Waals surface area (Å²) < 4.78 is 0. The van der Waals surface area contributed by atoms with Crippen molar-refractivity contribution >= 4 is 46.7 Å². The topological polar surface area (TPSA) is 70.7 Å². The van der Waals surface area contributed by atoms with Crippen molar-refractivity contribution in [3.05, 3.63) is 68.8 Å². The Bertz CT molecular complexity index is 904. The third-order valence-corrected chi connectivity index (χ3v) is 4.56. The molecule has 0 aliphatic carbocycles. The molecule has 2 aromatic rings. The maximum absolute atomic E-state index is 12.2. The molecule has 5 nitrogen and oxygen atoms in total. The number of nitrogens with one attached hydrogen (secondary N) is 1. The maximum Gasteiger partial charge on any atom is 0.342 e. The van der Waals surface area contributed by atoms with E-state index in [0.29, 0.717) is 27.1 Å². The van der Waals surface area contributed by atoms with Crippen LogP contribution >= 0.6 is 23.2 Å². The zero-order valence-electron chi connectivity index (χ0n) is 13.7. The fraction of sp³-hybridized carbons (Fsp3) is 0.111. The highest BCUT2D eigenvalue weighted by Crippen LogP contribution is 2.31. The van der Waals surface area contributed by atoms with Gasteiger partial charge >= 0.3 is 6.03 Å². The van der Waals surface area contributed by atoms with E-state index in [2.05, 4.69) is 10.4 Å². The number of fused-ring (bicyclic) bond motifs is 1. The minimum absolute atomic E-state index is 0.341. The van der Waals surface area contributed by atoms with Gasteiger partial charge in [-0.3, -0.25) is 0 Å². The molecule has 0 atom stereocenters. The number of nitrogens with two attached hydrogens (primary N) is 1. The molecule has 0 spiro atoms. The second-order valence-corrected chi connectivity index (χ2v) is 6.39. The van der Waals surface area contributed by atoms with Gasteiger partial charge in [-0.2, -0.15) is 10.1 Å². The average molecular weight is 375 g/mol. The lowest BCUT2D eigenvalue weighted by Crippen LogP contribution is -2.33. The van der Waals surface area contributed by atoms with Crippen LogP contribution < -0.4 is 11.1 Å². The van der Waals surface area contributed by atoms with Gasteiger partial charge in [0.25, 0.3) is 0 Å². The number of nitrogen functional groups attached to an aromatic ring is 1. The van der Waals surface area contributed by atoms with Gasteiger partial charge in [-0.15, -0.1) is 0 Å². The molecule has 7 heteroatoms. The highest BCUT2D eigenvalue weighted by molar-refractivity contribution is 6.42. The van der Waals surface area contributed by atoms with Crippen molar-refractivity contribution in [2.75, 3.05) is 12.8 Å². The van der Waals surface area contributed by atoms with Crippen LogP contribution in [-0.2, 0) is 0 Å². The molecule has 3 rings (SSSR count). The molecule has 2 amide bonds. The number of carbonyl (C=O) groups excluding carboxylic acids is 1. The second-order valence-electron chi connectivity index (χ2n) is 5.58. The zero-order chi connectivity index (χ0) is 18.1. The molecule has 2 aromatic carbocycles. The number of anilines is 1. The summed E-state index contributed by atoms with van der Waals surface area (Å²) in [4.78, 5) is 12.2. The van der Waals surface area contributed by atoms with E-state index < -0.39 is 0 Å². The first-order chi connectivity index (χ1) is 11.9. The first-order valence-electron chi connectivity index (χ1n) is 7.55. The van der Waals surface area contributed by atoms with Gasteiger partial charge in [0.1, 0.15) is 0 Å². The van der Waals surface area contributed by atoms with Crippen LogP contribution in [0.1, 0.15) is 23.6 Å². The Labute approximate surface area is 155 Å². The Morgan fingerprint density at radius 2 is 1.80 bits per heavy atom. The maximum atomic E-state index is 12.2. The van der Waals surface area contributed by atoms with Crippen molar-refractivity contribution in [2.24, 2.45) is 5.10 Å². The largest absolute Gasteiger partial charge is 0.399 e. The van der Waals surface area contributed by atoms with E-state index >= 15 is 0 Å². The highest BCUT2D eigenvalue weighted by atomic mass is 35.5. The summed E-state index contributed by atoms with van der Waals surface area (Å²) in [6.07, 6.45) is 1.85. The molecule has 0 saturated heterocycles. The monoisotopic (exact) mass is 374 g/mol. The fourth-order valence-corrected chi connectivity index (χ4v) is 2.91. The van der Waals surface area contributed by atoms with Gasteiger partial charge in [-0.25, -0.2) is 4.79 Å². The number of allylic oxidation sites excluding steroid dienone is 1. The minimum atomic E-state index is -0.341. The van der Waals surface area contributed by atoms with Crippen molar-refractivity contribution in [1.29, 1.82) is 0 Å². The van der Waals surface area contributed by atoms with E-state index in [1.54, 1.807) is 38.2 Å². The number of benzene rings is 2. The van der Waals surface area contributed by atoms with Gasteiger partial charge in [0.05, 0.1) is 15.8 Å². The predicted octanol–water partition coefficient (Wildman–Crippen LogP) is 4.34. The summed E-state index contributed by atoms with van der Waals surface area (Å²) in [5.41, 5.74) is 10.1. The van der Waals surface area contributed by atoms with E-state index in [9.17, 15) is 4.79 Å². The first kappa shape index (κ1) is 17.3. The molecule has 3 N–H and O–H groups in total. The molecule has 0 saturated carbocycles. The SMILES string of the molecule is CNC(=O)N1N=C(c2ccc(N)cc2)c2cc(Cl)c(Cl)cc2C=C1C. The smallest absolute Gasteiger partial charge is 0.342 e. The van der Waals surface area contributed by atoms with E-state index in [1.807, 2.05) is 18.2 Å². The number of rotatable bonds is 1. The van der Waals surface area contributed by atoms with Crippen molar-refractivity contribution in [3.8, 4) is 0 Å². The summed E-state index contributed by atoms with van der Waals surface area (Å²) in [7, 11) is 1.56. The van der Waals surface area contributed by atoms with Crippen molar-refractivity contribution in [3.63, 3.8) is 0 Å². The molecule has 1 heterocycles. The first-order valence-corrected chi connectivity index (χ1v) is 8.30. The number of hydrogen-bond acceptors (Lipinski definition) is 3. The Balaban J connectivity index is 2.27. The van der Waals surface area contributed by atoms with Gasteiger partial charge in [0.15, 0.2) is 0 Å². The zero-order valence-corrected chi connectivity index (χ0v) is 15.2. The lowest BCUT2D eigenvalue weighted by atomic mass is 9.97. The van der Waals surface area contributed by atoms with Gasteiger partial charge in [0.2, 0.25) is 0 Å². The van der Waals surface area contributed by atoms with Crippen LogP contribution in [0.25, 0.3) is 6.08 Å². The molecule has 0 aromatic heterocycles. The van der Waals surface area contributed by atoms with Crippen LogP contribution in [0.4, 0.5) is 10.5 Å². The quantitative estimate of drug-likeness (QED) is 0.728. The van der Waals surface area contributed by atoms with Crippen LogP contribution in [0.5, 0.6) is 0 Å². The molecule has 1 aliphatic rings. The molecule has 0 fully saturated rings. The average Bonchev–Trinajstić information content (AvgIpc) is 2.72. The molecular weight excluding hydrogens is 359 g/mol. The number of carbonyl (C=O) groups is 1. The number of hydrogen-bond donors (Lipinski definition) is 2. The van der Waals surface area contributed by atoms with Gasteiger partial charge in [-0.1, -0.05) is 35.3 Å². The lowest BCUT2D eigenvalue weighted by Gasteiger charge is -2.17. The summed E-state index contributed by atoms with van der Waals surface area (Å²) in [6.45, 7) is 1.80. The molecule has 0 bridgehead atoms. The van der Waals surface area contributed by atoms with E-state index in [0.717, 1.165) is 16.7 Å². The van der Waals surface area contributed by atoms with Gasteiger partial charge in [-0.05, 0) is 42.8 Å². The third-order valence-electron chi connectivity index (χ3n) is 3.84. The lowest BCUT2D eigenvalue weighted by molar-refractivity contribution is 0.215. The number of halogens is 2. The second kappa shape index (κ2) is 6.78. The van der Waals surface area contributed by atoms with Crippen LogP contribution in [0.2, 0.25) is 10.0 Å². The van der Waals surface area contributed by atoms with Crippen LogP contribution in [0.15, 0.2) is 47.2 Å². The number of amides is 2. The van der Waals surface area contributed by atoms with E-state index in [4.69, 9.17) is 28.9 Å². The Morgan fingerprint density at radius 1 is 1.16 bits per heavy atom. The van der Waals surface area contributed by atoms with Crippen molar-refractivity contribution in [1.82, 2.24) is 10.3 Å². The predicted molar refractivity (Wildman–Crippen MR) is 103 cm³/mol. The van der Waals surface area contributed by atoms with Gasteiger partial charge < -0.3 is 11.1 Å². The van der Waals surface area contributed by atoms with Crippen LogP contribution in [-0.4, -0.2) is 23.8 Å². The molecule has 0 radical (unpaired) electrons. The standard InChI is InChI=1S/C18H16Cl2N4O/c1-10-7-12-8-15(19)16(20)9-14(12)17(23-24(10)18(25)22-2)11-3-5-13(21)6-4-11/h3-9H,21H2,1-2H3,(H,22,25). The minimum Gasteiger partial charge on any atom is -0.399 e. The van der Waals surface area contributed by atoms with E-state index in [-0.39, 0.29) is 6.03 Å². The number of nitrogens with zero attached hydrogens (tertiary/aromatic N) is 2. The van der Waals surface area contributed by atoms with Crippen molar-refractivity contribution in [2.45, 2.75) is 6.92 Å². The Kier molecular flexibility index (Phi) is 4.70. The summed E-state index contributed by atoms with van der Waals surface area (Å²) in [5.74, 6) is 0. The molecule has 1 aliphatic heterocycles. The molecule has 25 heavy (non-hydrogen) atoms. The fourth-order valence-electron chi connectivity index (χ4n) is 2.57. The van der Waals surface area contributed by atoms with Crippen LogP contribution in [0, 0.1) is 0 Å². The Morgan fingerprint density at radius 3 is 2.44 bits per heavy atom.